The van der Waals surface area contributed by atoms with Gasteiger partial charge in [0.05, 0.1) is 25.1 Å². The van der Waals surface area contributed by atoms with Gasteiger partial charge in [-0.3, -0.25) is 4.57 Å². The van der Waals surface area contributed by atoms with E-state index in [-0.39, 0.29) is 0 Å². The molecule has 1 aromatic rings. The fourth-order valence-electron chi connectivity index (χ4n) is 3.77. The number of aliphatic hydroxyl groups is 1. The van der Waals surface area contributed by atoms with Crippen LogP contribution in [0.25, 0.3) is 0 Å². The van der Waals surface area contributed by atoms with Crippen molar-refractivity contribution in [2.24, 2.45) is 0 Å². The second-order valence-corrected chi connectivity index (χ2v) is 11.7. The average Bonchev–Trinajstić information content (AvgIpc) is 3.04. The molecule has 0 saturated heterocycles. The minimum absolute atomic E-state index is 0.311. The molecule has 0 spiro atoms. The van der Waals surface area contributed by atoms with E-state index in [1.54, 1.807) is 0 Å². The number of nitrogens with zero attached hydrogens (tertiary/aromatic N) is 3. The van der Waals surface area contributed by atoms with E-state index >= 15 is 0 Å². The molecular formula is C24H36N3O4PS. The van der Waals surface area contributed by atoms with Crippen LogP contribution in [-0.4, -0.2) is 73.1 Å². The van der Waals surface area contributed by atoms with Crippen molar-refractivity contribution in [3.05, 3.63) is 60.5 Å². The summed E-state index contributed by atoms with van der Waals surface area (Å²) in [6.07, 6.45) is 10.9. The number of rotatable bonds is 12. The monoisotopic (exact) mass is 493 g/mol. The first-order valence-corrected chi connectivity index (χ1v) is 14.0. The van der Waals surface area contributed by atoms with Crippen LogP contribution < -0.4 is 4.90 Å². The van der Waals surface area contributed by atoms with E-state index in [4.69, 9.17) is 9.05 Å². The first kappa shape index (κ1) is 26.1. The molecule has 2 aliphatic rings. The number of hydrogen-bond donors (Lipinski definition) is 1. The van der Waals surface area contributed by atoms with Crippen LogP contribution in [0.4, 0.5) is 5.69 Å². The van der Waals surface area contributed by atoms with Crippen LogP contribution in [0, 0.1) is 0 Å². The van der Waals surface area contributed by atoms with Crippen LogP contribution in [0.5, 0.6) is 0 Å². The summed E-state index contributed by atoms with van der Waals surface area (Å²) in [6.45, 7) is 6.72. The van der Waals surface area contributed by atoms with Gasteiger partial charge in [-0.05, 0) is 70.3 Å². The number of anilines is 1. The zero-order chi connectivity index (χ0) is 23.9. The Kier molecular flexibility index (Phi) is 9.27. The maximum atomic E-state index is 12.9. The van der Waals surface area contributed by atoms with Gasteiger partial charge in [-0.1, -0.05) is 23.9 Å². The average molecular weight is 494 g/mol. The summed E-state index contributed by atoms with van der Waals surface area (Å²) in [5.41, 5.74) is 1.92. The predicted molar refractivity (Wildman–Crippen MR) is 137 cm³/mol. The Bertz CT molecular complexity index is 910. The number of benzene rings is 1. The van der Waals surface area contributed by atoms with Crippen LogP contribution in [-0.2, 0) is 13.6 Å². The molecule has 1 aromatic carbocycles. The quantitative estimate of drug-likeness (QED) is 0.419. The van der Waals surface area contributed by atoms with Crippen molar-refractivity contribution < 1.29 is 18.7 Å². The second-order valence-electron chi connectivity index (χ2n) is 8.22. The van der Waals surface area contributed by atoms with Gasteiger partial charge in [-0.15, -0.1) is 0 Å². The Morgan fingerprint density at radius 2 is 1.79 bits per heavy atom. The highest BCUT2D eigenvalue weighted by molar-refractivity contribution is 8.01. The summed E-state index contributed by atoms with van der Waals surface area (Å²) >= 11 is 1.42. The summed E-state index contributed by atoms with van der Waals surface area (Å²) in [7, 11) is 0.998. The smallest absolute Gasteiger partial charge is 0.330 e. The largest absolute Gasteiger partial charge is 0.359 e. The Morgan fingerprint density at radius 3 is 2.42 bits per heavy atom. The lowest BCUT2D eigenvalue weighted by molar-refractivity contribution is 0.183. The van der Waals surface area contributed by atoms with E-state index in [1.807, 2.05) is 73.6 Å². The minimum atomic E-state index is -3.12. The van der Waals surface area contributed by atoms with Crippen LogP contribution in [0.3, 0.4) is 0 Å². The van der Waals surface area contributed by atoms with Crippen molar-refractivity contribution in [2.75, 3.05) is 58.0 Å². The Morgan fingerprint density at radius 1 is 1.12 bits per heavy atom. The molecule has 0 aliphatic carbocycles. The molecular weight excluding hydrogens is 457 g/mol. The molecule has 0 fully saturated rings. The molecule has 1 N–H and O–H groups in total. The lowest BCUT2D eigenvalue weighted by atomic mass is 10.1. The van der Waals surface area contributed by atoms with Gasteiger partial charge in [-0.25, -0.2) is 0 Å². The topological polar surface area (TPSA) is 65.5 Å². The van der Waals surface area contributed by atoms with E-state index in [9.17, 15) is 9.67 Å². The molecule has 0 saturated carbocycles. The van der Waals surface area contributed by atoms with Crippen molar-refractivity contribution in [1.29, 1.82) is 0 Å². The van der Waals surface area contributed by atoms with Gasteiger partial charge in [0.1, 0.15) is 0 Å². The lowest BCUT2D eigenvalue weighted by Crippen LogP contribution is -2.42. The molecule has 2 heterocycles. The van der Waals surface area contributed by atoms with E-state index in [1.165, 1.54) is 11.8 Å². The van der Waals surface area contributed by atoms with Crippen LogP contribution >= 0.6 is 19.4 Å². The third-order valence-corrected chi connectivity index (χ3v) is 8.72. The molecule has 2 aliphatic heterocycles. The predicted octanol–water partition coefficient (Wildman–Crippen LogP) is 4.73. The molecule has 1 unspecified atom stereocenters. The number of para-hydroxylation sites is 1. The van der Waals surface area contributed by atoms with Crippen LogP contribution in [0.1, 0.15) is 20.3 Å². The molecule has 182 valence electrons. The third kappa shape index (κ3) is 6.98. The lowest BCUT2D eigenvalue weighted by Gasteiger charge is -2.33. The first-order valence-electron chi connectivity index (χ1n) is 11.4. The summed E-state index contributed by atoms with van der Waals surface area (Å²) in [6, 6.07) is 7.98. The minimum Gasteiger partial charge on any atom is -0.359 e. The SMILES string of the molecule is CCOP(=O)(CCCN1c2ccccc2SC1(O)C=C1C=CN(CCN(C)C)C=C1)OCC. The molecule has 0 radical (unpaired) electrons. The van der Waals surface area contributed by atoms with Crippen molar-refractivity contribution in [1.82, 2.24) is 9.80 Å². The normalized spacial score (nSPS) is 20.1. The van der Waals surface area contributed by atoms with E-state index in [0.29, 0.717) is 32.3 Å². The van der Waals surface area contributed by atoms with E-state index in [0.717, 1.165) is 29.2 Å². The summed E-state index contributed by atoms with van der Waals surface area (Å²) in [5, 5.41) is 10.5. The number of fused-ring (bicyclic) bond motifs is 1. The highest BCUT2D eigenvalue weighted by atomic mass is 32.2. The van der Waals surface area contributed by atoms with Crippen LogP contribution in [0.2, 0.25) is 0 Å². The number of thioether (sulfide) groups is 1. The molecule has 0 amide bonds. The molecule has 33 heavy (non-hydrogen) atoms. The van der Waals surface area contributed by atoms with Gasteiger partial charge in [0, 0.05) is 36.9 Å². The third-order valence-electron chi connectivity index (χ3n) is 5.35. The van der Waals surface area contributed by atoms with Gasteiger partial charge >= 0.3 is 7.60 Å². The molecule has 7 nitrogen and oxygen atoms in total. The Hall–Kier alpha value is -1.54. The molecule has 3 rings (SSSR count). The second kappa shape index (κ2) is 11.7. The van der Waals surface area contributed by atoms with Crippen molar-refractivity contribution in [3.63, 3.8) is 0 Å². The van der Waals surface area contributed by atoms with E-state index in [2.05, 4.69) is 23.9 Å². The maximum absolute atomic E-state index is 12.9. The van der Waals surface area contributed by atoms with Gasteiger partial charge in [-0.2, -0.15) is 0 Å². The van der Waals surface area contributed by atoms with Crippen molar-refractivity contribution in [3.8, 4) is 0 Å². The zero-order valence-corrected chi connectivity index (χ0v) is 21.7. The van der Waals surface area contributed by atoms with Crippen molar-refractivity contribution in [2.45, 2.75) is 30.2 Å². The van der Waals surface area contributed by atoms with Crippen LogP contribution in [0.15, 0.2) is 65.4 Å². The number of likely N-dealkylation sites (N-methyl/N-ethyl adjacent to an activating group) is 1. The van der Waals surface area contributed by atoms with Gasteiger partial charge in [0.2, 0.25) is 5.06 Å². The Labute approximate surface area is 202 Å². The highest BCUT2D eigenvalue weighted by Gasteiger charge is 2.41. The molecule has 0 aromatic heterocycles. The number of allylic oxidation sites excluding steroid dienone is 3. The fraction of sp³-hybridized carbons (Fsp3) is 0.500. The Balaban J connectivity index is 1.74. The fourth-order valence-corrected chi connectivity index (χ4v) is 6.67. The maximum Gasteiger partial charge on any atom is 0.330 e. The molecule has 9 heteroatoms. The molecule has 1 atom stereocenters. The first-order chi connectivity index (χ1) is 15.8. The van der Waals surface area contributed by atoms with Crippen molar-refractivity contribution >= 4 is 25.0 Å². The van der Waals surface area contributed by atoms with Gasteiger partial charge in [0.25, 0.3) is 0 Å². The van der Waals surface area contributed by atoms with Gasteiger partial charge < -0.3 is 28.9 Å². The standard InChI is InChI=1S/C24H36N3O4PS/c1-5-30-32(29,31-6-2)19-9-14-27-22-10-7-8-11-23(22)33-24(27,28)20-21-12-15-26(16-13-21)18-17-25(3)4/h7-8,10-13,15-16,20,28H,5-6,9,14,17-19H2,1-4H3. The summed E-state index contributed by atoms with van der Waals surface area (Å²) < 4.78 is 23.7. The summed E-state index contributed by atoms with van der Waals surface area (Å²) in [5.74, 6) is 0. The zero-order valence-electron chi connectivity index (χ0n) is 20.0. The highest BCUT2D eigenvalue weighted by Crippen LogP contribution is 2.52. The van der Waals surface area contributed by atoms with E-state index < -0.39 is 12.7 Å². The van der Waals surface area contributed by atoms with Gasteiger partial charge in [0.15, 0.2) is 0 Å². The summed E-state index contributed by atoms with van der Waals surface area (Å²) in [4.78, 5) is 7.28. The number of hydrogen-bond acceptors (Lipinski definition) is 8. The molecule has 0 bridgehead atoms.